The molecule has 2 unspecified atom stereocenters. The Hall–Kier alpha value is -2.71. The van der Waals surface area contributed by atoms with Crippen LogP contribution >= 0.6 is 22.9 Å². The second-order valence-electron chi connectivity index (χ2n) is 11.7. The highest BCUT2D eigenvalue weighted by Gasteiger charge is 2.44. The topological polar surface area (TPSA) is 67.6 Å². The van der Waals surface area contributed by atoms with Crippen molar-refractivity contribution >= 4 is 33.2 Å². The molecule has 8 heteroatoms. The summed E-state index contributed by atoms with van der Waals surface area (Å²) < 4.78 is 8.65. The Morgan fingerprint density at radius 2 is 1.77 bits per heavy atom. The summed E-state index contributed by atoms with van der Waals surface area (Å²) in [6, 6.07) is 18.7. The number of ether oxygens (including phenoxy) is 1. The highest BCUT2D eigenvalue weighted by Crippen LogP contribution is 2.40. The Bertz CT molecular complexity index is 1510. The summed E-state index contributed by atoms with van der Waals surface area (Å²) in [5.41, 5.74) is 1.74. The number of aliphatic hydroxyl groups is 1. The molecule has 4 aromatic rings. The average Bonchev–Trinajstić information content (AvgIpc) is 3.44. The highest BCUT2D eigenvalue weighted by molar-refractivity contribution is 7.22. The molecule has 39 heavy (non-hydrogen) atoms. The van der Waals surface area contributed by atoms with Crippen molar-refractivity contribution < 1.29 is 9.84 Å². The van der Waals surface area contributed by atoms with E-state index < -0.39 is 5.60 Å². The summed E-state index contributed by atoms with van der Waals surface area (Å²) in [7, 11) is 0. The molecular weight excluding hydrogens is 530 g/mol. The lowest BCUT2D eigenvalue weighted by Gasteiger charge is -2.43. The van der Waals surface area contributed by atoms with Crippen LogP contribution in [0.5, 0.6) is 5.75 Å². The number of piperidine rings is 1. The van der Waals surface area contributed by atoms with E-state index >= 15 is 0 Å². The molecule has 1 N–H and O–H groups in total. The fourth-order valence-electron chi connectivity index (χ4n) is 6.54. The molecule has 0 spiro atoms. The number of nitrogens with zero attached hydrogens (tertiary/aromatic N) is 3. The van der Waals surface area contributed by atoms with Crippen LogP contribution in [-0.4, -0.2) is 49.4 Å². The highest BCUT2D eigenvalue weighted by atomic mass is 35.5. The van der Waals surface area contributed by atoms with Gasteiger partial charge in [0, 0.05) is 28.0 Å². The normalized spacial score (nSPS) is 22.3. The fraction of sp³-hybridized carbons (Fsp3) is 0.419. The van der Waals surface area contributed by atoms with Crippen molar-refractivity contribution in [1.82, 2.24) is 14.5 Å². The van der Waals surface area contributed by atoms with Crippen LogP contribution in [0.3, 0.4) is 0 Å². The number of halogens is 1. The monoisotopic (exact) mass is 563 g/mol. The lowest BCUT2D eigenvalue weighted by Crippen LogP contribution is -2.51. The number of hydrogen-bond acceptors (Lipinski definition) is 6. The summed E-state index contributed by atoms with van der Waals surface area (Å²) in [5.74, 6) is 0.823. The Kier molecular flexibility index (Phi) is 7.04. The van der Waals surface area contributed by atoms with Crippen molar-refractivity contribution in [1.29, 1.82) is 0 Å². The second-order valence-corrected chi connectivity index (χ2v) is 13.1. The first-order valence-corrected chi connectivity index (χ1v) is 14.9. The summed E-state index contributed by atoms with van der Waals surface area (Å²) in [6.07, 6.45) is 6.95. The second kappa shape index (κ2) is 10.4. The maximum absolute atomic E-state index is 13.3. The molecule has 2 aromatic carbocycles. The standard InChI is InChI=1S/C31H34ClN3O3S/c1-19(17-31(2,3)37)35-23-8-9-24(35)15-26(14-23)38-25-12-10-22(11-13-25)34-18-33-27-16-28(39-29(27)30(34)36)20-4-6-21(32)7-5-20/h4-7,10-13,16,18-19,23-24,26,37H,8-9,14-15,17H2,1-3H3/t19?,23-,24+,26?. The molecule has 2 aliphatic heterocycles. The van der Waals surface area contributed by atoms with Crippen molar-refractivity contribution in [2.24, 2.45) is 0 Å². The van der Waals surface area contributed by atoms with Gasteiger partial charge in [-0.15, -0.1) is 11.3 Å². The zero-order valence-corrected chi connectivity index (χ0v) is 24.1. The number of aromatic nitrogens is 2. The predicted octanol–water partition coefficient (Wildman–Crippen LogP) is 6.69. The lowest BCUT2D eigenvalue weighted by molar-refractivity contribution is -0.0106. The van der Waals surface area contributed by atoms with E-state index in [-0.39, 0.29) is 11.7 Å². The SMILES string of the molecule is CC(CC(C)(C)O)N1[C@@H]2CC[C@H]1CC(Oc1ccc(-n3cnc4cc(-c5ccc(Cl)cc5)sc4c3=O)cc1)C2. The van der Waals surface area contributed by atoms with Gasteiger partial charge in [-0.25, -0.2) is 4.98 Å². The third-order valence-electron chi connectivity index (χ3n) is 8.03. The predicted molar refractivity (Wildman–Crippen MR) is 158 cm³/mol. The minimum atomic E-state index is -0.654. The van der Waals surface area contributed by atoms with Gasteiger partial charge in [0.2, 0.25) is 0 Å². The van der Waals surface area contributed by atoms with E-state index in [9.17, 15) is 9.90 Å². The summed E-state index contributed by atoms with van der Waals surface area (Å²) in [6.45, 7) is 6.03. The first kappa shape index (κ1) is 26.5. The van der Waals surface area contributed by atoms with Crippen LogP contribution in [0.1, 0.15) is 52.9 Å². The van der Waals surface area contributed by atoms with Crippen molar-refractivity contribution in [3.05, 3.63) is 76.3 Å². The van der Waals surface area contributed by atoms with Crippen LogP contribution < -0.4 is 10.3 Å². The Morgan fingerprint density at radius 1 is 1.10 bits per heavy atom. The van der Waals surface area contributed by atoms with Crippen molar-refractivity contribution in [2.45, 2.75) is 82.7 Å². The molecule has 2 saturated heterocycles. The van der Waals surface area contributed by atoms with Gasteiger partial charge in [0.15, 0.2) is 0 Å². The van der Waals surface area contributed by atoms with Gasteiger partial charge in [-0.2, -0.15) is 0 Å². The molecule has 0 radical (unpaired) electrons. The van der Waals surface area contributed by atoms with Crippen LogP contribution in [0.2, 0.25) is 5.02 Å². The van der Waals surface area contributed by atoms with Crippen LogP contribution in [0.4, 0.5) is 0 Å². The van der Waals surface area contributed by atoms with Gasteiger partial charge in [0.05, 0.1) is 16.8 Å². The van der Waals surface area contributed by atoms with Crippen LogP contribution in [0.15, 0.2) is 65.7 Å². The van der Waals surface area contributed by atoms with Gasteiger partial charge in [-0.3, -0.25) is 14.3 Å². The first-order valence-electron chi connectivity index (χ1n) is 13.7. The lowest BCUT2D eigenvalue weighted by atomic mass is 9.93. The van der Waals surface area contributed by atoms with Crippen LogP contribution in [-0.2, 0) is 0 Å². The summed E-state index contributed by atoms with van der Waals surface area (Å²) in [5, 5.41) is 11.0. The number of hydrogen-bond donors (Lipinski definition) is 1. The van der Waals surface area contributed by atoms with E-state index in [1.54, 1.807) is 10.9 Å². The molecule has 0 saturated carbocycles. The minimum absolute atomic E-state index is 0.0806. The molecule has 4 atom stereocenters. The zero-order chi connectivity index (χ0) is 27.3. The van der Waals surface area contributed by atoms with Gasteiger partial charge in [-0.1, -0.05) is 23.7 Å². The number of thiophene rings is 1. The van der Waals surface area contributed by atoms with Crippen LogP contribution in [0, 0.1) is 0 Å². The molecule has 4 heterocycles. The van der Waals surface area contributed by atoms with Crippen LogP contribution in [0.25, 0.3) is 26.3 Å². The van der Waals surface area contributed by atoms with Gasteiger partial charge in [0.25, 0.3) is 5.56 Å². The Morgan fingerprint density at radius 3 is 2.41 bits per heavy atom. The molecule has 2 bridgehead atoms. The van der Waals surface area contributed by atoms with E-state index in [1.807, 2.05) is 68.4 Å². The Balaban J connectivity index is 1.15. The van der Waals surface area contributed by atoms with E-state index in [1.165, 1.54) is 24.2 Å². The molecule has 6 nitrogen and oxygen atoms in total. The smallest absolute Gasteiger partial charge is 0.275 e. The number of benzene rings is 2. The maximum atomic E-state index is 13.3. The molecular formula is C31H34ClN3O3S. The minimum Gasteiger partial charge on any atom is -0.490 e. The first-order chi connectivity index (χ1) is 18.6. The molecule has 2 aromatic heterocycles. The number of fused-ring (bicyclic) bond motifs is 3. The zero-order valence-electron chi connectivity index (χ0n) is 22.5. The molecule has 204 valence electrons. The fourth-order valence-corrected chi connectivity index (χ4v) is 7.71. The van der Waals surface area contributed by atoms with Gasteiger partial charge >= 0.3 is 0 Å². The van der Waals surface area contributed by atoms with Gasteiger partial charge < -0.3 is 9.84 Å². The van der Waals surface area contributed by atoms with E-state index in [2.05, 4.69) is 16.8 Å². The summed E-state index contributed by atoms with van der Waals surface area (Å²) in [4.78, 5) is 21.5. The summed E-state index contributed by atoms with van der Waals surface area (Å²) >= 11 is 7.48. The van der Waals surface area contributed by atoms with Crippen molar-refractivity contribution in [3.63, 3.8) is 0 Å². The number of rotatable bonds is 7. The molecule has 0 aliphatic carbocycles. The van der Waals surface area contributed by atoms with Gasteiger partial charge in [-0.05, 0) is 101 Å². The molecule has 6 rings (SSSR count). The van der Waals surface area contributed by atoms with E-state index in [4.69, 9.17) is 16.3 Å². The average molecular weight is 564 g/mol. The molecule has 0 amide bonds. The van der Waals surface area contributed by atoms with Crippen molar-refractivity contribution in [3.8, 4) is 21.9 Å². The largest absolute Gasteiger partial charge is 0.490 e. The van der Waals surface area contributed by atoms with E-state index in [0.717, 1.165) is 41.1 Å². The quantitative estimate of drug-likeness (QED) is 0.271. The van der Waals surface area contributed by atoms with Crippen molar-refractivity contribution in [2.75, 3.05) is 0 Å². The molecule has 2 fully saturated rings. The molecule has 2 aliphatic rings. The Labute approximate surface area is 237 Å². The van der Waals surface area contributed by atoms with E-state index in [0.29, 0.717) is 33.4 Å². The third kappa shape index (κ3) is 5.50. The third-order valence-corrected chi connectivity index (χ3v) is 9.45. The maximum Gasteiger partial charge on any atom is 0.275 e. The van der Waals surface area contributed by atoms with Gasteiger partial charge in [0.1, 0.15) is 22.9 Å².